The van der Waals surface area contributed by atoms with Gasteiger partial charge in [-0.2, -0.15) is 0 Å². The van der Waals surface area contributed by atoms with E-state index in [4.69, 9.17) is 11.6 Å². The summed E-state index contributed by atoms with van der Waals surface area (Å²) < 4.78 is 27.3. The average Bonchev–Trinajstić information content (AvgIpc) is 2.97. The van der Waals surface area contributed by atoms with E-state index in [9.17, 15) is 8.42 Å². The predicted molar refractivity (Wildman–Crippen MR) is 107 cm³/mol. The van der Waals surface area contributed by atoms with Crippen LogP contribution in [0.4, 0.5) is 0 Å². The first kappa shape index (κ1) is 19.0. The maximum atomic E-state index is 12.3. The topological polar surface area (TPSA) is 59.1 Å². The van der Waals surface area contributed by atoms with Gasteiger partial charge in [-0.15, -0.1) is 11.3 Å². The third-order valence-electron chi connectivity index (χ3n) is 3.96. The van der Waals surface area contributed by atoms with Crippen LogP contribution in [0.3, 0.4) is 0 Å². The maximum Gasteiger partial charge on any atom is 0.240 e. The Bertz CT molecular complexity index is 995. The molecule has 4 nitrogen and oxygen atoms in total. The number of nitrogens with zero attached hydrogens (tertiary/aromatic N) is 1. The molecule has 1 N–H and O–H groups in total. The first-order valence-corrected chi connectivity index (χ1v) is 10.8. The zero-order chi connectivity index (χ0) is 18.7. The number of thiazole rings is 1. The fraction of sp³-hybridized carbons (Fsp3) is 0.211. The van der Waals surface area contributed by atoms with E-state index in [0.29, 0.717) is 18.0 Å². The van der Waals surface area contributed by atoms with Crippen LogP contribution in [0.15, 0.2) is 53.4 Å². The minimum absolute atomic E-state index is 0.283. The Balaban J connectivity index is 1.66. The van der Waals surface area contributed by atoms with E-state index in [1.54, 1.807) is 35.6 Å². The SMILES string of the molecule is Cc1ccc(S(=O)(=O)NCCc2sc(-c3ccc(Cl)cc3)nc2C)cc1. The molecule has 0 atom stereocenters. The summed E-state index contributed by atoms with van der Waals surface area (Å²) in [5.41, 5.74) is 2.96. The molecule has 2 aromatic carbocycles. The van der Waals surface area contributed by atoms with Crippen molar-refractivity contribution in [2.24, 2.45) is 0 Å². The highest BCUT2D eigenvalue weighted by atomic mass is 35.5. The first-order chi connectivity index (χ1) is 12.3. The molecule has 0 amide bonds. The average molecular weight is 407 g/mol. The molecule has 26 heavy (non-hydrogen) atoms. The first-order valence-electron chi connectivity index (χ1n) is 8.14. The van der Waals surface area contributed by atoms with Crippen molar-refractivity contribution in [3.63, 3.8) is 0 Å². The third kappa shape index (κ3) is 4.51. The van der Waals surface area contributed by atoms with Crippen LogP contribution in [0.2, 0.25) is 5.02 Å². The van der Waals surface area contributed by atoms with Crippen molar-refractivity contribution >= 4 is 33.0 Å². The fourth-order valence-corrected chi connectivity index (χ4v) is 4.70. The minimum atomic E-state index is -3.49. The van der Waals surface area contributed by atoms with Gasteiger partial charge in [0.25, 0.3) is 0 Å². The van der Waals surface area contributed by atoms with Gasteiger partial charge in [-0.1, -0.05) is 41.4 Å². The number of rotatable bonds is 6. The van der Waals surface area contributed by atoms with Gasteiger partial charge in [0.15, 0.2) is 0 Å². The molecule has 1 heterocycles. The molecule has 0 aliphatic heterocycles. The van der Waals surface area contributed by atoms with Crippen molar-refractivity contribution in [1.29, 1.82) is 0 Å². The van der Waals surface area contributed by atoms with Crippen molar-refractivity contribution in [3.8, 4) is 10.6 Å². The molecule has 0 saturated carbocycles. The number of hydrogen-bond donors (Lipinski definition) is 1. The highest BCUT2D eigenvalue weighted by Crippen LogP contribution is 2.29. The standard InChI is InChI=1S/C19H19ClN2O2S2/c1-13-3-9-17(10-4-13)26(23,24)21-12-11-18-14(2)22-19(25-18)15-5-7-16(20)8-6-15/h3-10,21H,11-12H2,1-2H3. The van der Waals surface area contributed by atoms with Gasteiger partial charge in [0.2, 0.25) is 10.0 Å². The summed E-state index contributed by atoms with van der Waals surface area (Å²) >= 11 is 7.50. The van der Waals surface area contributed by atoms with Crippen LogP contribution < -0.4 is 4.72 Å². The molecule has 3 rings (SSSR count). The minimum Gasteiger partial charge on any atom is -0.241 e. The van der Waals surface area contributed by atoms with Gasteiger partial charge in [-0.25, -0.2) is 18.1 Å². The highest BCUT2D eigenvalue weighted by molar-refractivity contribution is 7.89. The third-order valence-corrected chi connectivity index (χ3v) is 6.95. The lowest BCUT2D eigenvalue weighted by Crippen LogP contribution is -2.25. The maximum absolute atomic E-state index is 12.3. The number of aryl methyl sites for hydroxylation is 2. The van der Waals surface area contributed by atoms with E-state index in [0.717, 1.165) is 26.7 Å². The number of nitrogens with one attached hydrogen (secondary N) is 1. The molecule has 0 unspecified atom stereocenters. The summed E-state index contributed by atoms with van der Waals surface area (Å²) in [6, 6.07) is 14.4. The summed E-state index contributed by atoms with van der Waals surface area (Å²) in [7, 11) is -3.49. The van der Waals surface area contributed by atoms with Gasteiger partial charge >= 0.3 is 0 Å². The van der Waals surface area contributed by atoms with Crippen molar-refractivity contribution in [3.05, 3.63) is 69.7 Å². The number of benzene rings is 2. The Hall–Kier alpha value is -1.73. The quantitative estimate of drug-likeness (QED) is 0.650. The van der Waals surface area contributed by atoms with Gasteiger partial charge in [0.1, 0.15) is 5.01 Å². The molecule has 7 heteroatoms. The molecule has 3 aromatic rings. The molecule has 0 fully saturated rings. The number of hydrogen-bond acceptors (Lipinski definition) is 4. The summed E-state index contributed by atoms with van der Waals surface area (Å²) in [6.07, 6.45) is 0.599. The normalized spacial score (nSPS) is 11.7. The molecule has 0 aliphatic carbocycles. The Morgan fingerprint density at radius 2 is 1.69 bits per heavy atom. The van der Waals surface area contributed by atoms with E-state index in [1.807, 2.05) is 38.1 Å². The van der Waals surface area contributed by atoms with Gasteiger partial charge < -0.3 is 0 Å². The van der Waals surface area contributed by atoms with Gasteiger partial charge in [0, 0.05) is 22.0 Å². The monoisotopic (exact) mass is 406 g/mol. The molecule has 136 valence electrons. The van der Waals surface area contributed by atoms with E-state index in [-0.39, 0.29) is 4.90 Å². The van der Waals surface area contributed by atoms with Gasteiger partial charge in [0.05, 0.1) is 10.6 Å². The van der Waals surface area contributed by atoms with Crippen LogP contribution in [0.25, 0.3) is 10.6 Å². The summed E-state index contributed by atoms with van der Waals surface area (Å²) in [4.78, 5) is 5.95. The molecular formula is C19H19ClN2O2S2. The fourth-order valence-electron chi connectivity index (χ4n) is 2.48. The summed E-state index contributed by atoms with van der Waals surface area (Å²) in [5.74, 6) is 0. The lowest BCUT2D eigenvalue weighted by Gasteiger charge is -2.06. The Labute approximate surface area is 162 Å². The Morgan fingerprint density at radius 1 is 1.04 bits per heavy atom. The van der Waals surface area contributed by atoms with Crippen molar-refractivity contribution < 1.29 is 8.42 Å². The van der Waals surface area contributed by atoms with E-state index in [2.05, 4.69) is 9.71 Å². The second-order valence-electron chi connectivity index (χ2n) is 6.00. The van der Waals surface area contributed by atoms with Crippen LogP contribution in [0.5, 0.6) is 0 Å². The molecule has 0 spiro atoms. The number of aromatic nitrogens is 1. The predicted octanol–water partition coefficient (Wildman–Crippen LogP) is 4.60. The second kappa shape index (κ2) is 7.88. The molecule has 1 aromatic heterocycles. The molecule has 0 saturated heterocycles. The zero-order valence-corrected chi connectivity index (χ0v) is 16.9. The van der Waals surface area contributed by atoms with Crippen LogP contribution in [0.1, 0.15) is 16.1 Å². The summed E-state index contributed by atoms with van der Waals surface area (Å²) in [5, 5.41) is 1.60. The van der Waals surface area contributed by atoms with Crippen LogP contribution in [-0.4, -0.2) is 19.9 Å². The van der Waals surface area contributed by atoms with Crippen LogP contribution >= 0.6 is 22.9 Å². The van der Waals surface area contributed by atoms with E-state index < -0.39 is 10.0 Å². The smallest absolute Gasteiger partial charge is 0.240 e. The van der Waals surface area contributed by atoms with Gasteiger partial charge in [-0.05, 0) is 44.5 Å². The molecule has 0 radical (unpaired) electrons. The number of sulfonamides is 1. The van der Waals surface area contributed by atoms with Gasteiger partial charge in [-0.3, -0.25) is 0 Å². The lowest BCUT2D eigenvalue weighted by molar-refractivity contribution is 0.581. The lowest BCUT2D eigenvalue weighted by atomic mass is 10.2. The van der Waals surface area contributed by atoms with Crippen LogP contribution in [0, 0.1) is 13.8 Å². The Morgan fingerprint density at radius 3 is 2.35 bits per heavy atom. The second-order valence-corrected chi connectivity index (χ2v) is 9.28. The zero-order valence-electron chi connectivity index (χ0n) is 14.5. The summed E-state index contributed by atoms with van der Waals surface area (Å²) in [6.45, 7) is 4.20. The van der Waals surface area contributed by atoms with Crippen molar-refractivity contribution in [2.75, 3.05) is 6.54 Å². The molecule has 0 aliphatic rings. The van der Waals surface area contributed by atoms with Crippen molar-refractivity contribution in [1.82, 2.24) is 9.71 Å². The molecule has 0 bridgehead atoms. The highest BCUT2D eigenvalue weighted by Gasteiger charge is 2.14. The molecular weight excluding hydrogens is 388 g/mol. The van der Waals surface area contributed by atoms with E-state index in [1.165, 1.54) is 0 Å². The largest absolute Gasteiger partial charge is 0.241 e. The Kier molecular flexibility index (Phi) is 5.77. The van der Waals surface area contributed by atoms with Crippen LogP contribution in [-0.2, 0) is 16.4 Å². The van der Waals surface area contributed by atoms with Crippen molar-refractivity contribution in [2.45, 2.75) is 25.2 Å². The number of halogens is 1. The van der Waals surface area contributed by atoms with E-state index >= 15 is 0 Å².